The Hall–Kier alpha value is -2.45. The molecule has 2 aromatic rings. The fourth-order valence-corrected chi connectivity index (χ4v) is 3.59. The molecule has 2 aromatic carbocycles. The van der Waals surface area contributed by atoms with Crippen LogP contribution in [0.1, 0.15) is 6.92 Å². The van der Waals surface area contributed by atoms with Crippen LogP contribution >= 0.6 is 0 Å². The Kier molecular flexibility index (Phi) is 6.11. The molecule has 134 valence electrons. The van der Waals surface area contributed by atoms with E-state index in [9.17, 15) is 17.6 Å². The van der Waals surface area contributed by atoms with Crippen molar-refractivity contribution in [2.24, 2.45) is 0 Å². The second kappa shape index (κ2) is 8.09. The molecule has 8 heteroatoms. The maximum Gasteiger partial charge on any atom is 0.243 e. The number of hydrogen-bond acceptors (Lipinski definition) is 4. The number of amides is 1. The summed E-state index contributed by atoms with van der Waals surface area (Å²) in [6.45, 7) is 1.37. The summed E-state index contributed by atoms with van der Waals surface area (Å²) in [7, 11) is -2.38. The molecule has 0 saturated heterocycles. The second-order valence-corrected chi connectivity index (χ2v) is 7.10. The maximum atomic E-state index is 13.0. The Balaban J connectivity index is 2.12. The maximum absolute atomic E-state index is 13.0. The van der Waals surface area contributed by atoms with Crippen molar-refractivity contribution in [2.45, 2.75) is 11.8 Å². The van der Waals surface area contributed by atoms with Gasteiger partial charge in [0.1, 0.15) is 11.6 Å². The lowest BCUT2D eigenvalue weighted by Gasteiger charge is -2.20. The zero-order valence-corrected chi connectivity index (χ0v) is 14.7. The molecule has 0 aromatic heterocycles. The van der Waals surface area contributed by atoms with Crippen molar-refractivity contribution in [1.82, 2.24) is 4.31 Å². The normalized spacial score (nSPS) is 11.4. The van der Waals surface area contributed by atoms with Crippen LogP contribution in [0.25, 0.3) is 0 Å². The van der Waals surface area contributed by atoms with Gasteiger partial charge in [-0.15, -0.1) is 0 Å². The summed E-state index contributed by atoms with van der Waals surface area (Å²) in [6.07, 6.45) is 0. The summed E-state index contributed by atoms with van der Waals surface area (Å²) in [4.78, 5) is 12.1. The molecule has 0 saturated carbocycles. The first kappa shape index (κ1) is 18.9. The van der Waals surface area contributed by atoms with Gasteiger partial charge in [-0.3, -0.25) is 4.79 Å². The highest BCUT2D eigenvalue weighted by molar-refractivity contribution is 7.89. The minimum absolute atomic E-state index is 0.0649. The number of hydrogen-bond donors (Lipinski definition) is 1. The van der Waals surface area contributed by atoms with Crippen molar-refractivity contribution >= 4 is 21.6 Å². The molecule has 0 radical (unpaired) electrons. The third-order valence-corrected chi connectivity index (χ3v) is 5.41. The summed E-state index contributed by atoms with van der Waals surface area (Å²) in [6, 6.07) is 11.2. The van der Waals surface area contributed by atoms with Crippen molar-refractivity contribution in [3.63, 3.8) is 0 Å². The number of carbonyl (C=O) groups is 1. The van der Waals surface area contributed by atoms with Crippen LogP contribution in [0.5, 0.6) is 5.75 Å². The highest BCUT2D eigenvalue weighted by atomic mass is 32.2. The fourth-order valence-electron chi connectivity index (χ4n) is 2.18. The number of ether oxygens (including phenoxy) is 1. The highest BCUT2D eigenvalue weighted by Crippen LogP contribution is 2.18. The number of rotatable bonds is 7. The molecule has 0 aliphatic heterocycles. The summed E-state index contributed by atoms with van der Waals surface area (Å²) < 4.78 is 44.2. The van der Waals surface area contributed by atoms with Gasteiger partial charge in [0, 0.05) is 18.3 Å². The van der Waals surface area contributed by atoms with Gasteiger partial charge in [-0.1, -0.05) is 13.0 Å². The summed E-state index contributed by atoms with van der Waals surface area (Å²) in [5.74, 6) is -0.442. The van der Waals surface area contributed by atoms with Crippen LogP contribution in [-0.2, 0) is 14.8 Å². The number of halogens is 1. The molecule has 0 unspecified atom stereocenters. The SMILES string of the molecule is CCN(CC(=O)Nc1cccc(OC)c1)S(=O)(=O)c1ccc(F)cc1. The van der Waals surface area contributed by atoms with E-state index < -0.39 is 21.7 Å². The predicted molar refractivity (Wildman–Crippen MR) is 92.5 cm³/mol. The average molecular weight is 366 g/mol. The van der Waals surface area contributed by atoms with Gasteiger partial charge < -0.3 is 10.1 Å². The van der Waals surface area contributed by atoms with Gasteiger partial charge in [0.15, 0.2) is 0 Å². The molecule has 0 heterocycles. The Bertz CT molecular complexity index is 838. The van der Waals surface area contributed by atoms with E-state index in [0.29, 0.717) is 11.4 Å². The molecule has 2 rings (SSSR count). The summed E-state index contributed by atoms with van der Waals surface area (Å²) >= 11 is 0. The molecule has 6 nitrogen and oxygen atoms in total. The van der Waals surface area contributed by atoms with Crippen LogP contribution in [0.3, 0.4) is 0 Å². The largest absolute Gasteiger partial charge is 0.497 e. The molecule has 1 amide bonds. The molecule has 0 atom stereocenters. The molecular weight excluding hydrogens is 347 g/mol. The van der Waals surface area contributed by atoms with Gasteiger partial charge in [-0.05, 0) is 36.4 Å². The lowest BCUT2D eigenvalue weighted by atomic mass is 10.3. The minimum atomic E-state index is -3.89. The molecule has 0 bridgehead atoms. The monoisotopic (exact) mass is 366 g/mol. The van der Waals surface area contributed by atoms with Crippen molar-refractivity contribution in [1.29, 1.82) is 0 Å². The first-order valence-electron chi connectivity index (χ1n) is 7.56. The average Bonchev–Trinajstić information content (AvgIpc) is 2.60. The lowest BCUT2D eigenvalue weighted by molar-refractivity contribution is -0.116. The van der Waals surface area contributed by atoms with Gasteiger partial charge in [-0.2, -0.15) is 4.31 Å². The number of carbonyl (C=O) groups excluding carboxylic acids is 1. The number of likely N-dealkylation sites (N-methyl/N-ethyl adjacent to an activating group) is 1. The third-order valence-electron chi connectivity index (χ3n) is 3.48. The van der Waals surface area contributed by atoms with Gasteiger partial charge in [0.2, 0.25) is 15.9 Å². The zero-order chi connectivity index (χ0) is 18.4. The Morgan fingerprint density at radius 3 is 2.48 bits per heavy atom. The number of anilines is 1. The van der Waals surface area contributed by atoms with Gasteiger partial charge in [0.25, 0.3) is 0 Å². The van der Waals surface area contributed by atoms with E-state index in [-0.39, 0.29) is 18.0 Å². The van der Waals surface area contributed by atoms with Crippen LogP contribution in [0.2, 0.25) is 0 Å². The molecule has 0 aliphatic carbocycles. The first-order valence-corrected chi connectivity index (χ1v) is 9.00. The van der Waals surface area contributed by atoms with Crippen molar-refractivity contribution < 1.29 is 22.3 Å². The molecule has 25 heavy (non-hydrogen) atoms. The van der Waals surface area contributed by atoms with E-state index in [1.165, 1.54) is 19.2 Å². The summed E-state index contributed by atoms with van der Waals surface area (Å²) in [5.41, 5.74) is 0.500. The number of nitrogens with zero attached hydrogens (tertiary/aromatic N) is 1. The standard InChI is InChI=1S/C17H19FN2O4S/c1-3-20(25(22,23)16-9-7-13(18)8-10-16)12-17(21)19-14-5-4-6-15(11-14)24-2/h4-11H,3,12H2,1-2H3,(H,19,21). The van der Waals surface area contributed by atoms with E-state index in [2.05, 4.69) is 5.32 Å². The Morgan fingerprint density at radius 2 is 1.88 bits per heavy atom. The van der Waals surface area contributed by atoms with Gasteiger partial charge in [0.05, 0.1) is 18.6 Å². The van der Waals surface area contributed by atoms with Crippen LogP contribution in [-0.4, -0.2) is 38.8 Å². The van der Waals surface area contributed by atoms with Crippen LogP contribution < -0.4 is 10.1 Å². The molecule has 0 aliphatic rings. The molecule has 1 N–H and O–H groups in total. The van der Waals surface area contributed by atoms with E-state index >= 15 is 0 Å². The second-order valence-electron chi connectivity index (χ2n) is 5.17. The number of nitrogens with one attached hydrogen (secondary N) is 1. The van der Waals surface area contributed by atoms with Gasteiger partial charge >= 0.3 is 0 Å². The van der Waals surface area contributed by atoms with Crippen LogP contribution in [0, 0.1) is 5.82 Å². The molecule has 0 fully saturated rings. The number of methoxy groups -OCH3 is 1. The summed E-state index contributed by atoms with van der Waals surface area (Å²) in [5, 5.41) is 2.63. The van der Waals surface area contributed by atoms with Crippen molar-refractivity contribution in [3.8, 4) is 5.75 Å². The Labute approximate surface area is 146 Å². The van der Waals surface area contributed by atoms with Crippen molar-refractivity contribution in [2.75, 3.05) is 25.5 Å². The first-order chi connectivity index (χ1) is 11.9. The highest BCUT2D eigenvalue weighted by Gasteiger charge is 2.25. The number of benzene rings is 2. The van der Waals surface area contributed by atoms with E-state index in [4.69, 9.17) is 4.74 Å². The quantitative estimate of drug-likeness (QED) is 0.817. The van der Waals surface area contributed by atoms with Gasteiger partial charge in [-0.25, -0.2) is 12.8 Å². The molecule has 0 spiro atoms. The smallest absolute Gasteiger partial charge is 0.243 e. The molecular formula is C17H19FN2O4S. The van der Waals surface area contributed by atoms with E-state index in [0.717, 1.165) is 16.4 Å². The predicted octanol–water partition coefficient (Wildman–Crippen LogP) is 2.48. The van der Waals surface area contributed by atoms with Crippen LogP contribution in [0.15, 0.2) is 53.4 Å². The minimum Gasteiger partial charge on any atom is -0.497 e. The van der Waals surface area contributed by atoms with E-state index in [1.807, 2.05) is 0 Å². The van der Waals surface area contributed by atoms with E-state index in [1.54, 1.807) is 31.2 Å². The fraction of sp³-hybridized carbons (Fsp3) is 0.235. The third kappa shape index (κ3) is 4.77. The van der Waals surface area contributed by atoms with Crippen molar-refractivity contribution in [3.05, 3.63) is 54.3 Å². The topological polar surface area (TPSA) is 75.7 Å². The Morgan fingerprint density at radius 1 is 1.20 bits per heavy atom. The number of sulfonamides is 1. The lowest BCUT2D eigenvalue weighted by Crippen LogP contribution is -2.37. The zero-order valence-electron chi connectivity index (χ0n) is 13.9. The van der Waals surface area contributed by atoms with Crippen LogP contribution in [0.4, 0.5) is 10.1 Å².